The Labute approximate surface area is 180 Å². The molecule has 0 aliphatic carbocycles. The largest absolute Gasteiger partial charge is 0.361 e. The number of amides is 1. The van der Waals surface area contributed by atoms with E-state index < -0.39 is 6.04 Å². The van der Waals surface area contributed by atoms with Crippen LogP contribution in [0.1, 0.15) is 21.5 Å². The first-order valence-electron chi connectivity index (χ1n) is 9.43. The molecule has 5 nitrogen and oxygen atoms in total. The zero-order chi connectivity index (χ0) is 20.2. The number of carbonyl (C=O) groups is 2. The molecule has 4 rings (SSSR count). The van der Waals surface area contributed by atoms with E-state index in [1.807, 2.05) is 48.7 Å². The first-order valence-corrected chi connectivity index (χ1v) is 9.43. The van der Waals surface area contributed by atoms with Crippen molar-refractivity contribution in [1.82, 2.24) is 4.98 Å². The average Bonchev–Trinajstić information content (AvgIpc) is 3.17. The van der Waals surface area contributed by atoms with Crippen molar-refractivity contribution >= 4 is 40.7 Å². The van der Waals surface area contributed by atoms with Gasteiger partial charge in [0.15, 0.2) is 5.78 Å². The maximum absolute atomic E-state index is 12.8. The third-order valence-corrected chi connectivity index (χ3v) is 4.92. The predicted molar refractivity (Wildman–Crippen MR) is 122 cm³/mol. The Balaban J connectivity index is 0.00000256. The number of rotatable bonds is 6. The highest BCUT2D eigenvalue weighted by molar-refractivity contribution is 6.14. The summed E-state index contributed by atoms with van der Waals surface area (Å²) in [6, 6.07) is 23.1. The molecule has 0 aliphatic rings. The molecule has 3 aromatic carbocycles. The Hall–Kier alpha value is -3.41. The van der Waals surface area contributed by atoms with Gasteiger partial charge in [-0.3, -0.25) is 9.59 Å². The first kappa shape index (κ1) is 21.3. The summed E-state index contributed by atoms with van der Waals surface area (Å²) >= 11 is 0. The highest BCUT2D eigenvalue weighted by Crippen LogP contribution is 2.21. The lowest BCUT2D eigenvalue weighted by Gasteiger charge is -2.14. The molecule has 0 unspecified atom stereocenters. The van der Waals surface area contributed by atoms with Crippen LogP contribution in [-0.4, -0.2) is 22.7 Å². The van der Waals surface area contributed by atoms with E-state index in [0.29, 0.717) is 23.2 Å². The summed E-state index contributed by atoms with van der Waals surface area (Å²) in [6.07, 6.45) is 2.27. The molecule has 1 amide bonds. The van der Waals surface area contributed by atoms with Crippen LogP contribution in [0.15, 0.2) is 85.1 Å². The van der Waals surface area contributed by atoms with E-state index in [-0.39, 0.29) is 24.1 Å². The molecule has 0 radical (unpaired) electrons. The number of H-pyrrole nitrogens is 1. The maximum Gasteiger partial charge on any atom is 0.241 e. The Morgan fingerprint density at radius 1 is 0.900 bits per heavy atom. The summed E-state index contributed by atoms with van der Waals surface area (Å²) in [4.78, 5) is 28.8. The van der Waals surface area contributed by atoms with Crippen LogP contribution in [0.25, 0.3) is 10.9 Å². The highest BCUT2D eigenvalue weighted by Gasteiger charge is 2.19. The first-order chi connectivity index (χ1) is 14.1. The summed E-state index contributed by atoms with van der Waals surface area (Å²) in [6.45, 7) is 0. The van der Waals surface area contributed by atoms with Gasteiger partial charge in [0.1, 0.15) is 0 Å². The molecule has 0 fully saturated rings. The van der Waals surface area contributed by atoms with E-state index in [1.54, 1.807) is 36.4 Å². The molecule has 0 bridgehead atoms. The molecule has 6 heteroatoms. The Bertz CT molecular complexity index is 1170. The predicted octanol–water partition coefficient (Wildman–Crippen LogP) is 4.33. The molecule has 4 N–H and O–H groups in total. The molecule has 4 aromatic rings. The summed E-state index contributed by atoms with van der Waals surface area (Å²) in [5, 5.41) is 3.88. The van der Waals surface area contributed by atoms with E-state index in [1.165, 1.54) is 0 Å². The topological polar surface area (TPSA) is 88.0 Å². The SMILES string of the molecule is Cl.N[C@@H](Cc1c[nH]c2ccccc12)C(=O)Nc1ccccc1C(=O)c1ccccc1. The molecule has 0 spiro atoms. The van der Waals surface area contributed by atoms with Gasteiger partial charge in [-0.05, 0) is 30.2 Å². The molecule has 1 aromatic heterocycles. The smallest absolute Gasteiger partial charge is 0.241 e. The van der Waals surface area contributed by atoms with Gasteiger partial charge >= 0.3 is 0 Å². The second-order valence-corrected chi connectivity index (χ2v) is 6.90. The second-order valence-electron chi connectivity index (χ2n) is 6.90. The van der Waals surface area contributed by atoms with Crippen LogP contribution in [0.2, 0.25) is 0 Å². The number of hydrogen-bond acceptors (Lipinski definition) is 3. The van der Waals surface area contributed by atoms with Gasteiger partial charge < -0.3 is 16.0 Å². The fourth-order valence-corrected chi connectivity index (χ4v) is 3.39. The van der Waals surface area contributed by atoms with Crippen LogP contribution < -0.4 is 11.1 Å². The van der Waals surface area contributed by atoms with Crippen LogP contribution in [0, 0.1) is 0 Å². The van der Waals surface area contributed by atoms with Gasteiger partial charge in [0.2, 0.25) is 5.91 Å². The number of nitrogens with one attached hydrogen (secondary N) is 2. The molecule has 152 valence electrons. The van der Waals surface area contributed by atoms with Gasteiger partial charge in [0, 0.05) is 28.2 Å². The number of fused-ring (bicyclic) bond motifs is 1. The normalized spacial score (nSPS) is 11.5. The number of para-hydroxylation sites is 2. The molecule has 30 heavy (non-hydrogen) atoms. The molecule has 0 aliphatic heterocycles. The van der Waals surface area contributed by atoms with Crippen molar-refractivity contribution in [3.63, 3.8) is 0 Å². The number of nitrogens with two attached hydrogens (primary N) is 1. The number of ketones is 1. The molecule has 0 saturated heterocycles. The van der Waals surface area contributed by atoms with Gasteiger partial charge in [-0.25, -0.2) is 0 Å². The van der Waals surface area contributed by atoms with E-state index in [9.17, 15) is 9.59 Å². The van der Waals surface area contributed by atoms with Crippen molar-refractivity contribution < 1.29 is 9.59 Å². The number of carbonyl (C=O) groups excluding carboxylic acids is 2. The lowest BCUT2D eigenvalue weighted by Crippen LogP contribution is -2.37. The van der Waals surface area contributed by atoms with Crippen LogP contribution in [0.3, 0.4) is 0 Å². The number of aromatic amines is 1. The molecule has 0 saturated carbocycles. The van der Waals surface area contributed by atoms with E-state index in [0.717, 1.165) is 16.5 Å². The minimum absolute atomic E-state index is 0. The van der Waals surface area contributed by atoms with Crippen molar-refractivity contribution in [2.24, 2.45) is 5.73 Å². The number of benzene rings is 3. The van der Waals surface area contributed by atoms with Crippen LogP contribution in [0.5, 0.6) is 0 Å². The number of hydrogen-bond donors (Lipinski definition) is 3. The average molecular weight is 420 g/mol. The third kappa shape index (κ3) is 4.43. The van der Waals surface area contributed by atoms with Crippen molar-refractivity contribution in [1.29, 1.82) is 0 Å². The lowest BCUT2D eigenvalue weighted by molar-refractivity contribution is -0.117. The second kappa shape index (κ2) is 9.39. The Morgan fingerprint density at radius 3 is 2.37 bits per heavy atom. The van der Waals surface area contributed by atoms with Crippen LogP contribution in [0.4, 0.5) is 5.69 Å². The van der Waals surface area contributed by atoms with Gasteiger partial charge in [-0.2, -0.15) is 0 Å². The quantitative estimate of drug-likeness (QED) is 0.406. The summed E-state index contributed by atoms with van der Waals surface area (Å²) in [5.74, 6) is -0.477. The minimum Gasteiger partial charge on any atom is -0.361 e. The number of halogens is 1. The number of aromatic nitrogens is 1. The fraction of sp³-hybridized carbons (Fsp3) is 0.0833. The summed E-state index contributed by atoms with van der Waals surface area (Å²) in [7, 11) is 0. The Kier molecular flexibility index (Phi) is 6.67. The van der Waals surface area contributed by atoms with Crippen molar-refractivity contribution in [2.45, 2.75) is 12.5 Å². The highest BCUT2D eigenvalue weighted by atomic mass is 35.5. The Morgan fingerprint density at radius 2 is 1.57 bits per heavy atom. The molecule has 1 heterocycles. The van der Waals surface area contributed by atoms with Crippen molar-refractivity contribution in [2.75, 3.05) is 5.32 Å². The molecule has 1 atom stereocenters. The summed E-state index contributed by atoms with van der Waals surface area (Å²) in [5.41, 5.74) is 9.63. The monoisotopic (exact) mass is 419 g/mol. The number of anilines is 1. The van der Waals surface area contributed by atoms with Crippen molar-refractivity contribution in [3.05, 3.63) is 102 Å². The van der Waals surface area contributed by atoms with Gasteiger partial charge in [0.05, 0.1) is 11.7 Å². The lowest BCUT2D eigenvalue weighted by atomic mass is 10.0. The molecular weight excluding hydrogens is 398 g/mol. The third-order valence-electron chi connectivity index (χ3n) is 4.92. The minimum atomic E-state index is -0.742. The van der Waals surface area contributed by atoms with Gasteiger partial charge in [-0.15, -0.1) is 12.4 Å². The van der Waals surface area contributed by atoms with Crippen LogP contribution >= 0.6 is 12.4 Å². The standard InChI is InChI=1S/C24H21N3O2.ClH/c25-20(14-17-15-26-21-12-6-4-10-18(17)21)24(29)27-22-13-7-5-11-19(22)23(28)16-8-2-1-3-9-16;/h1-13,15,20,26H,14,25H2,(H,27,29);1H/t20-;/m0./s1. The zero-order valence-corrected chi connectivity index (χ0v) is 17.0. The fourth-order valence-electron chi connectivity index (χ4n) is 3.39. The summed E-state index contributed by atoms with van der Waals surface area (Å²) < 4.78 is 0. The van der Waals surface area contributed by atoms with Gasteiger partial charge in [-0.1, -0.05) is 60.7 Å². The van der Waals surface area contributed by atoms with Gasteiger partial charge in [0.25, 0.3) is 0 Å². The van der Waals surface area contributed by atoms with E-state index >= 15 is 0 Å². The zero-order valence-electron chi connectivity index (χ0n) is 16.2. The maximum atomic E-state index is 12.8. The van der Waals surface area contributed by atoms with Crippen molar-refractivity contribution in [3.8, 4) is 0 Å². The van der Waals surface area contributed by atoms with E-state index in [4.69, 9.17) is 5.73 Å². The van der Waals surface area contributed by atoms with E-state index in [2.05, 4.69) is 10.3 Å². The molecular formula is C24H22ClN3O2. The van der Waals surface area contributed by atoms with Crippen LogP contribution in [-0.2, 0) is 11.2 Å².